The van der Waals surface area contributed by atoms with Crippen LogP contribution in [0.4, 0.5) is 26.8 Å². The SMILES string of the molecule is C=C(COC(=O)SCCC(=O)N(C)[C@@H](C)C(=O)O[C@H]1CC(=O)N(C)c2cc(cc(OC)c2Cl)C/C(C)=C/C=C/C[C@@]2(O)C[C@H](OC(=O)N2)[C@@H](C)[C@@H]2O[C@@]12C)C(=O)N1CCN(c2nc(OC[C@@H]3CCCN3C)nc3c2CCN(c2cccc4cccc(Cl)c24)C3)C[C@@H]1CC#N. The molecule has 4 bridgehead atoms. The maximum Gasteiger partial charge on any atom is 0.409 e. The van der Waals surface area contributed by atoms with Gasteiger partial charge >= 0.3 is 23.4 Å². The molecule has 2 N–H and O–H groups in total. The number of likely N-dealkylation sites (N-methyl/N-ethyl adjacent to an activating group) is 2. The van der Waals surface area contributed by atoms with Crippen molar-refractivity contribution < 1.29 is 62.3 Å². The van der Waals surface area contributed by atoms with Crippen LogP contribution in [-0.2, 0) is 57.5 Å². The Balaban J connectivity index is 0.746. The Morgan fingerprint density at radius 1 is 1.04 bits per heavy atom. The Labute approximate surface area is 562 Å². The standard InChI is InChI=1S/C68H82Cl2N10O13S/c1-40-15-10-11-24-68(87)35-54(91-65(85)74-68)42(3)60-67(5,93-60)55(34-57(82)77(8)52-32-44(31-40)33-53(88-9)59(52)70)92-63(84)43(4)76(7)56(81)23-30-94-66(86)90-38-41(2)62(83)80-29-28-79(36-46(80)21-25-71)61-48-22-27-78(51-20-13-17-45-16-12-19-49(69)58(45)51)37-50(48)72-64(73-61)89-39-47-18-14-26-75(47)6/h10-13,15-17,19-20,32-33,42-43,46-47,54-55,60,87H,2,14,18,21-24,26-31,34-39H2,1,3-9H3,(H,74,85)/b11-10+,40-15+/t42-,43+,46+,47+,54+,55+,60+,67+,68-/m1/s1. The number of thioether (sulfide) groups is 1. The number of benzene rings is 3. The van der Waals surface area contributed by atoms with Crippen LogP contribution in [0.15, 0.2) is 84.5 Å². The van der Waals surface area contributed by atoms with Crippen LogP contribution in [0, 0.1) is 17.2 Å². The van der Waals surface area contributed by atoms with Crippen molar-refractivity contribution in [3.05, 3.63) is 111 Å². The number of allylic oxidation sites excluding steroid dienone is 3. The number of halogens is 2. The summed E-state index contributed by atoms with van der Waals surface area (Å²) >= 11 is 14.4. The Kier molecular flexibility index (Phi) is 21.7. The highest BCUT2D eigenvalue weighted by atomic mass is 35.5. The Morgan fingerprint density at radius 2 is 1.82 bits per heavy atom. The molecule has 0 spiro atoms. The molecular weight excluding hydrogens is 1270 g/mol. The number of nitrogens with one attached hydrogen (secondary N) is 1. The van der Waals surface area contributed by atoms with Gasteiger partial charge in [-0.25, -0.2) is 14.4 Å². The molecule has 502 valence electrons. The molecule has 4 aromatic rings. The van der Waals surface area contributed by atoms with E-state index >= 15 is 0 Å². The normalized spacial score (nSPS) is 26.1. The van der Waals surface area contributed by atoms with Crippen LogP contribution in [0.25, 0.3) is 10.8 Å². The first kappa shape index (κ1) is 69.2. The van der Waals surface area contributed by atoms with Crippen molar-refractivity contribution in [2.24, 2.45) is 5.92 Å². The number of nitrogens with zero attached hydrogens (tertiary/aromatic N) is 9. The number of aromatic nitrogens is 2. The van der Waals surface area contributed by atoms with Gasteiger partial charge < -0.3 is 62.9 Å². The van der Waals surface area contributed by atoms with Gasteiger partial charge in [0.25, 0.3) is 5.91 Å². The number of epoxide rings is 1. The third-order valence-corrected chi connectivity index (χ3v) is 20.4. The number of rotatable bonds is 16. The highest BCUT2D eigenvalue weighted by molar-refractivity contribution is 8.13. The second kappa shape index (κ2) is 29.5. The summed E-state index contributed by atoms with van der Waals surface area (Å²) in [7, 11) is 6.53. The van der Waals surface area contributed by atoms with E-state index in [4.69, 9.17) is 61.6 Å². The molecule has 0 unspecified atom stereocenters. The van der Waals surface area contributed by atoms with E-state index in [0.29, 0.717) is 73.1 Å². The van der Waals surface area contributed by atoms with Crippen molar-refractivity contribution in [2.45, 2.75) is 140 Å². The number of alkyl carbamates (subject to hydrolysis) is 1. The molecule has 0 radical (unpaired) electrons. The summed E-state index contributed by atoms with van der Waals surface area (Å²) in [5.74, 6) is -1.89. The predicted octanol–water partition coefficient (Wildman–Crippen LogP) is 8.97. The van der Waals surface area contributed by atoms with E-state index in [1.165, 1.54) is 30.9 Å². The minimum atomic E-state index is -1.65. The van der Waals surface area contributed by atoms with Gasteiger partial charge in [-0.05, 0) is 107 Å². The number of amides is 4. The average molecular weight is 1350 g/mol. The largest absolute Gasteiger partial charge is 0.495 e. The van der Waals surface area contributed by atoms with Gasteiger partial charge in [0.05, 0.1) is 61.1 Å². The van der Waals surface area contributed by atoms with E-state index in [-0.39, 0.29) is 67.2 Å². The molecule has 4 fully saturated rings. The number of carbonyl (C=O) groups excluding carboxylic acids is 6. The molecule has 6 aliphatic heterocycles. The molecule has 23 nitrogen and oxygen atoms in total. The van der Waals surface area contributed by atoms with Gasteiger partial charge in [0, 0.05) is 99.5 Å². The van der Waals surface area contributed by atoms with Gasteiger partial charge in [0.2, 0.25) is 11.8 Å². The number of anilines is 3. The van der Waals surface area contributed by atoms with E-state index < -0.39 is 95.8 Å². The van der Waals surface area contributed by atoms with Crippen LogP contribution in [0.1, 0.15) is 89.5 Å². The fourth-order valence-electron chi connectivity index (χ4n) is 13.2. The van der Waals surface area contributed by atoms with Gasteiger partial charge in [-0.2, -0.15) is 15.2 Å². The second-order valence-electron chi connectivity index (χ2n) is 25.4. The van der Waals surface area contributed by atoms with Gasteiger partial charge in [-0.1, -0.05) is 84.8 Å². The second-order valence-corrected chi connectivity index (χ2v) is 27.2. The van der Waals surface area contributed by atoms with Crippen LogP contribution in [0.3, 0.4) is 0 Å². The molecule has 0 aliphatic carbocycles. The molecule has 94 heavy (non-hydrogen) atoms. The van der Waals surface area contributed by atoms with E-state index in [1.807, 2.05) is 43.3 Å². The zero-order chi connectivity index (χ0) is 67.3. The number of hydrogen-bond donors (Lipinski definition) is 2. The van der Waals surface area contributed by atoms with E-state index in [2.05, 4.69) is 45.8 Å². The number of ether oxygens (including phenoxy) is 6. The molecule has 1 aromatic heterocycles. The monoisotopic (exact) mass is 1350 g/mol. The maximum absolute atomic E-state index is 14.4. The Hall–Kier alpha value is -7.66. The molecular formula is C68H82Cl2N10O13S. The summed E-state index contributed by atoms with van der Waals surface area (Å²) in [5.41, 5.74) is 1.92. The number of methoxy groups -OCH3 is 1. The number of piperazine rings is 1. The number of esters is 1. The molecule has 4 saturated heterocycles. The number of likely N-dealkylation sites (tertiary alicyclic amines) is 1. The molecule has 26 heteroatoms. The van der Waals surface area contributed by atoms with Crippen molar-refractivity contribution in [1.82, 2.24) is 30.0 Å². The first-order valence-corrected chi connectivity index (χ1v) is 33.5. The molecule has 3 aromatic carbocycles. The van der Waals surface area contributed by atoms with Crippen LogP contribution in [0.5, 0.6) is 11.8 Å². The maximum atomic E-state index is 14.4. The molecule has 7 heterocycles. The lowest BCUT2D eigenvalue weighted by atomic mass is 9.84. The van der Waals surface area contributed by atoms with Crippen molar-refractivity contribution in [1.29, 1.82) is 5.26 Å². The minimum absolute atomic E-state index is 0.00121. The number of fused-ring (bicyclic) bond motifs is 7. The minimum Gasteiger partial charge on any atom is -0.495 e. The summed E-state index contributed by atoms with van der Waals surface area (Å²) in [6, 6.07) is 16.6. The average Bonchev–Trinajstić information content (AvgIpc) is 1.54. The quantitative estimate of drug-likeness (QED) is 0.0459. The summed E-state index contributed by atoms with van der Waals surface area (Å²) in [5, 5.41) is 26.3. The first-order chi connectivity index (χ1) is 44.9. The number of aliphatic hydroxyl groups is 1. The molecule has 9 atom stereocenters. The van der Waals surface area contributed by atoms with E-state index in [9.17, 15) is 39.1 Å². The van der Waals surface area contributed by atoms with Crippen LogP contribution < -0.4 is 29.5 Å². The third kappa shape index (κ3) is 15.5. The Morgan fingerprint density at radius 3 is 2.56 bits per heavy atom. The van der Waals surface area contributed by atoms with E-state index in [0.717, 1.165) is 58.2 Å². The topological polar surface area (TPSA) is 262 Å². The zero-order valence-electron chi connectivity index (χ0n) is 54.4. The molecule has 4 amide bonds. The van der Waals surface area contributed by atoms with Crippen molar-refractivity contribution in [2.75, 3.05) is 94.6 Å². The van der Waals surface area contributed by atoms with Crippen LogP contribution in [-0.4, -0.2) is 193 Å². The van der Waals surface area contributed by atoms with Crippen molar-refractivity contribution in [3.63, 3.8) is 0 Å². The summed E-state index contributed by atoms with van der Waals surface area (Å²) < 4.78 is 35.7. The fraction of sp³-hybridized carbons (Fsp3) is 0.515. The summed E-state index contributed by atoms with van der Waals surface area (Å²) in [6.07, 6.45) is 4.48. The zero-order valence-corrected chi connectivity index (χ0v) is 56.7. The predicted molar refractivity (Wildman–Crippen MR) is 357 cm³/mol. The van der Waals surface area contributed by atoms with Crippen LogP contribution in [0.2, 0.25) is 10.0 Å². The lowest BCUT2D eigenvalue weighted by Crippen LogP contribution is -2.57. The molecule has 6 aliphatic rings. The number of carbonyl (C=O) groups is 6. The van der Waals surface area contributed by atoms with Gasteiger partial charge in [0.1, 0.15) is 59.4 Å². The summed E-state index contributed by atoms with van der Waals surface area (Å²) in [4.78, 5) is 103. The molecule has 10 rings (SSSR count). The van der Waals surface area contributed by atoms with Gasteiger partial charge in [-0.15, -0.1) is 0 Å². The number of nitriles is 1. The highest BCUT2D eigenvalue weighted by Gasteiger charge is 2.64. The smallest absolute Gasteiger partial charge is 0.409 e. The summed E-state index contributed by atoms with van der Waals surface area (Å²) in [6.45, 7) is 13.9. The van der Waals surface area contributed by atoms with Gasteiger partial charge in [0.15, 0.2) is 0 Å². The first-order valence-electron chi connectivity index (χ1n) is 31.7. The lowest BCUT2D eigenvalue weighted by molar-refractivity contribution is -0.162. The highest BCUT2D eigenvalue weighted by Crippen LogP contribution is 2.49. The van der Waals surface area contributed by atoms with E-state index in [1.54, 1.807) is 50.1 Å². The van der Waals surface area contributed by atoms with Gasteiger partial charge in [-0.3, -0.25) is 19.7 Å². The Bertz CT molecular complexity index is 3700. The fourth-order valence-corrected chi connectivity index (χ4v) is 14.4. The third-order valence-electron chi connectivity index (χ3n) is 19.0. The lowest BCUT2D eigenvalue weighted by Gasteiger charge is -2.42. The van der Waals surface area contributed by atoms with Crippen molar-refractivity contribution in [3.8, 4) is 17.8 Å². The van der Waals surface area contributed by atoms with Crippen LogP contribution >= 0.6 is 35.0 Å². The molecule has 0 saturated carbocycles. The van der Waals surface area contributed by atoms with Crippen molar-refractivity contribution >= 4 is 98.0 Å². The number of hydrogen-bond acceptors (Lipinski definition) is 20.